The van der Waals surface area contributed by atoms with Crippen LogP contribution in [0.25, 0.3) is 21.2 Å². The second-order valence-electron chi connectivity index (χ2n) is 7.23. The predicted octanol–water partition coefficient (Wildman–Crippen LogP) is 4.71. The minimum atomic E-state index is -0.643. The van der Waals surface area contributed by atoms with E-state index in [1.54, 1.807) is 18.3 Å². The third-order valence-electron chi connectivity index (χ3n) is 4.84. The van der Waals surface area contributed by atoms with Gasteiger partial charge in [0.05, 0.1) is 15.3 Å². The van der Waals surface area contributed by atoms with Crippen LogP contribution < -0.4 is 5.32 Å². The molecule has 29 heavy (non-hydrogen) atoms. The van der Waals surface area contributed by atoms with Crippen LogP contribution in [-0.2, 0) is 0 Å². The Labute approximate surface area is 183 Å². The fourth-order valence-corrected chi connectivity index (χ4v) is 4.83. The molecule has 1 aromatic heterocycles. The van der Waals surface area contributed by atoms with E-state index in [4.69, 9.17) is 11.6 Å². The molecule has 154 valence electrons. The molecule has 1 saturated heterocycles. The van der Waals surface area contributed by atoms with Gasteiger partial charge in [0.15, 0.2) is 0 Å². The second kappa shape index (κ2) is 8.44. The molecule has 0 aliphatic carbocycles. The summed E-state index contributed by atoms with van der Waals surface area (Å²) >= 11 is 7.44. The Kier molecular flexibility index (Phi) is 6.33. The van der Waals surface area contributed by atoms with Gasteiger partial charge in [-0.1, -0.05) is 11.6 Å². The van der Waals surface area contributed by atoms with Gasteiger partial charge in [-0.05, 0) is 49.1 Å². The van der Waals surface area contributed by atoms with Crippen molar-refractivity contribution in [2.24, 2.45) is 0 Å². The first-order valence-corrected chi connectivity index (χ1v) is 10.1. The van der Waals surface area contributed by atoms with E-state index in [-0.39, 0.29) is 46.7 Å². The minimum Gasteiger partial charge on any atom is -0.508 e. The highest BCUT2D eigenvalue weighted by Gasteiger charge is 2.28. The Morgan fingerprint density at radius 3 is 2.62 bits per heavy atom. The van der Waals surface area contributed by atoms with Crippen LogP contribution in [0.4, 0.5) is 4.39 Å². The molecule has 0 saturated carbocycles. The lowest BCUT2D eigenvalue weighted by molar-refractivity contribution is 0.0676. The third kappa shape index (κ3) is 4.19. The van der Waals surface area contributed by atoms with Gasteiger partial charge in [-0.25, -0.2) is 4.39 Å². The number of halogens is 3. The van der Waals surface area contributed by atoms with Crippen molar-refractivity contribution < 1.29 is 14.3 Å². The number of nitrogens with one attached hydrogen (secondary N) is 1. The number of phenols is 1. The Hall–Kier alpha value is -1.93. The maximum Gasteiger partial charge on any atom is 0.255 e. The van der Waals surface area contributed by atoms with Crippen molar-refractivity contribution in [1.29, 1.82) is 0 Å². The first-order valence-electron chi connectivity index (χ1n) is 8.95. The Balaban J connectivity index is 0.00000240. The molecule has 1 amide bonds. The summed E-state index contributed by atoms with van der Waals surface area (Å²) < 4.78 is 19.5. The van der Waals surface area contributed by atoms with Crippen LogP contribution >= 0.6 is 35.5 Å². The van der Waals surface area contributed by atoms with Gasteiger partial charge >= 0.3 is 0 Å². The monoisotopic (exact) mass is 455 g/mol. The zero-order valence-corrected chi connectivity index (χ0v) is 18.2. The summed E-state index contributed by atoms with van der Waals surface area (Å²) in [7, 11) is 0. The van der Waals surface area contributed by atoms with Crippen molar-refractivity contribution in [3.63, 3.8) is 0 Å². The lowest BCUT2D eigenvalue weighted by Gasteiger charge is -2.36. The lowest BCUT2D eigenvalue weighted by atomic mass is 9.99. The van der Waals surface area contributed by atoms with Crippen LogP contribution in [-0.4, -0.2) is 45.5 Å². The lowest BCUT2D eigenvalue weighted by Crippen LogP contribution is -2.55. The fraction of sp³-hybridized carbons (Fsp3) is 0.300. The number of piperazine rings is 1. The number of benzene rings is 2. The maximum atomic E-state index is 14.6. The number of hydrogen-bond donors (Lipinski definition) is 2. The first-order chi connectivity index (χ1) is 13.3. The van der Waals surface area contributed by atoms with Crippen molar-refractivity contribution in [2.75, 3.05) is 13.1 Å². The van der Waals surface area contributed by atoms with Gasteiger partial charge in [-0.15, -0.1) is 12.4 Å². The number of aromatic nitrogens is 1. The smallest absolute Gasteiger partial charge is 0.255 e. The van der Waals surface area contributed by atoms with Crippen LogP contribution in [0.2, 0.25) is 5.02 Å². The average Bonchev–Trinajstić information content (AvgIpc) is 3.07. The summed E-state index contributed by atoms with van der Waals surface area (Å²) in [6.45, 7) is 5.28. The van der Waals surface area contributed by atoms with Gasteiger partial charge in [0.1, 0.15) is 11.6 Å². The number of carbonyl (C=O) groups is 1. The molecule has 3 aromatic rings. The molecule has 2 atom stereocenters. The molecule has 9 heteroatoms. The third-order valence-corrected chi connectivity index (χ3v) is 5.99. The molecule has 0 radical (unpaired) electrons. The fourth-order valence-electron chi connectivity index (χ4n) is 3.79. The average molecular weight is 456 g/mol. The zero-order valence-electron chi connectivity index (χ0n) is 15.8. The molecular formula is C20H20Cl2FN3O2S. The molecule has 0 spiro atoms. The highest BCUT2D eigenvalue weighted by Crippen LogP contribution is 2.37. The molecule has 1 fully saturated rings. The molecule has 1 aliphatic heterocycles. The highest BCUT2D eigenvalue weighted by atomic mass is 35.5. The SMILES string of the molecule is C[C@@H]1CN(C(=O)c2cc(-c3c(F)cc(O)cc3Cl)cc3cnsc23)C[C@H](C)N1.Cl. The quantitative estimate of drug-likeness (QED) is 0.587. The summed E-state index contributed by atoms with van der Waals surface area (Å²) in [4.78, 5) is 15.1. The summed E-state index contributed by atoms with van der Waals surface area (Å²) in [6.07, 6.45) is 1.66. The van der Waals surface area contributed by atoms with E-state index in [9.17, 15) is 14.3 Å². The number of carbonyl (C=O) groups excluding carboxylic acids is 1. The Bertz CT molecular complexity index is 1040. The maximum absolute atomic E-state index is 14.6. The zero-order chi connectivity index (χ0) is 20.0. The van der Waals surface area contributed by atoms with Gasteiger partial charge < -0.3 is 15.3 Å². The summed E-state index contributed by atoms with van der Waals surface area (Å²) in [5, 5.41) is 13.8. The number of nitrogens with zero attached hydrogens (tertiary/aromatic N) is 2. The summed E-state index contributed by atoms with van der Waals surface area (Å²) in [5.41, 5.74) is 1.12. The Morgan fingerprint density at radius 2 is 1.97 bits per heavy atom. The molecule has 0 bridgehead atoms. The van der Waals surface area contributed by atoms with Gasteiger partial charge in [0, 0.05) is 48.4 Å². The summed E-state index contributed by atoms with van der Waals surface area (Å²) in [5.74, 6) is -0.994. The van der Waals surface area contributed by atoms with Gasteiger partial charge in [0.2, 0.25) is 0 Å². The Morgan fingerprint density at radius 1 is 1.28 bits per heavy atom. The van der Waals surface area contributed by atoms with Gasteiger partial charge in [0.25, 0.3) is 5.91 Å². The normalized spacial score (nSPS) is 19.2. The van der Waals surface area contributed by atoms with Crippen molar-refractivity contribution in [1.82, 2.24) is 14.6 Å². The number of phenolic OH excluding ortho intramolecular Hbond substituents is 1. The second-order valence-corrected chi connectivity index (χ2v) is 8.44. The summed E-state index contributed by atoms with van der Waals surface area (Å²) in [6, 6.07) is 6.12. The van der Waals surface area contributed by atoms with Crippen LogP contribution in [0.3, 0.4) is 0 Å². The number of amides is 1. The molecule has 2 N–H and O–H groups in total. The van der Waals surface area contributed by atoms with E-state index < -0.39 is 5.82 Å². The first kappa shape index (κ1) is 21.8. The molecule has 4 rings (SSSR count). The molecule has 2 aromatic carbocycles. The van der Waals surface area contributed by atoms with Gasteiger partial charge in [-0.2, -0.15) is 4.37 Å². The van der Waals surface area contributed by atoms with Crippen LogP contribution in [0.1, 0.15) is 24.2 Å². The van der Waals surface area contributed by atoms with Crippen molar-refractivity contribution in [3.8, 4) is 16.9 Å². The topological polar surface area (TPSA) is 65.5 Å². The largest absolute Gasteiger partial charge is 0.508 e. The minimum absolute atomic E-state index is 0. The van der Waals surface area contributed by atoms with Crippen molar-refractivity contribution in [2.45, 2.75) is 25.9 Å². The number of fused-ring (bicyclic) bond motifs is 1. The predicted molar refractivity (Wildman–Crippen MR) is 117 cm³/mol. The van der Waals surface area contributed by atoms with E-state index in [1.165, 1.54) is 17.6 Å². The standard InChI is InChI=1S/C20H19ClFN3O2S.ClH/c1-10-8-25(9-11(2)24-10)20(27)15-4-12(3-13-7-23-28-19(13)15)18-16(21)5-14(26)6-17(18)22;/h3-7,10-11,24,26H,8-9H2,1-2H3;1H/t10-,11+;. The molecule has 5 nitrogen and oxygen atoms in total. The highest BCUT2D eigenvalue weighted by molar-refractivity contribution is 7.13. The van der Waals surface area contributed by atoms with E-state index in [1.807, 2.05) is 18.7 Å². The molecule has 2 heterocycles. The number of aromatic hydroxyl groups is 1. The van der Waals surface area contributed by atoms with Gasteiger partial charge in [-0.3, -0.25) is 4.79 Å². The molecule has 1 aliphatic rings. The van der Waals surface area contributed by atoms with E-state index in [0.717, 1.165) is 16.2 Å². The van der Waals surface area contributed by atoms with E-state index >= 15 is 0 Å². The van der Waals surface area contributed by atoms with Crippen LogP contribution in [0.15, 0.2) is 30.5 Å². The van der Waals surface area contributed by atoms with E-state index in [0.29, 0.717) is 24.2 Å². The van der Waals surface area contributed by atoms with Crippen molar-refractivity contribution in [3.05, 3.63) is 46.9 Å². The number of rotatable bonds is 2. The van der Waals surface area contributed by atoms with E-state index in [2.05, 4.69) is 9.69 Å². The van der Waals surface area contributed by atoms with Crippen LogP contribution in [0.5, 0.6) is 5.75 Å². The van der Waals surface area contributed by atoms with Crippen LogP contribution in [0, 0.1) is 5.82 Å². The number of hydrogen-bond acceptors (Lipinski definition) is 5. The van der Waals surface area contributed by atoms with Crippen molar-refractivity contribution >= 4 is 51.5 Å². The molecular weight excluding hydrogens is 436 g/mol. The molecule has 0 unspecified atom stereocenters.